The maximum Gasteiger partial charge on any atom is 0.276 e. The molecule has 1 aromatic carbocycles. The molecule has 0 amide bonds. The van der Waals surface area contributed by atoms with Crippen LogP contribution in [0.5, 0.6) is 5.75 Å². The minimum atomic E-state index is -3.64. The third-order valence-corrected chi connectivity index (χ3v) is 5.16. The second-order valence-corrected chi connectivity index (χ2v) is 8.69. The van der Waals surface area contributed by atoms with Crippen LogP contribution >= 0.6 is 0 Å². The van der Waals surface area contributed by atoms with Gasteiger partial charge in [0, 0.05) is 5.71 Å². The number of rotatable bonds is 5. The number of hydrogen-bond acceptors (Lipinski definition) is 4. The van der Waals surface area contributed by atoms with Crippen molar-refractivity contribution in [3.63, 3.8) is 0 Å². The van der Waals surface area contributed by atoms with Gasteiger partial charge in [-0.15, -0.1) is 0 Å². The van der Waals surface area contributed by atoms with Gasteiger partial charge in [-0.3, -0.25) is 0 Å². The number of sulfonamides is 1. The van der Waals surface area contributed by atoms with E-state index in [1.807, 2.05) is 6.92 Å². The van der Waals surface area contributed by atoms with Crippen LogP contribution in [0, 0.1) is 11.3 Å². The highest BCUT2D eigenvalue weighted by Crippen LogP contribution is 2.36. The average molecular weight is 338 g/mol. The fourth-order valence-corrected chi connectivity index (χ4v) is 4.11. The maximum absolute atomic E-state index is 12.3. The van der Waals surface area contributed by atoms with E-state index in [-0.39, 0.29) is 10.3 Å². The van der Waals surface area contributed by atoms with Gasteiger partial charge in [0.25, 0.3) is 10.0 Å². The fourth-order valence-electron chi connectivity index (χ4n) is 3.26. The van der Waals surface area contributed by atoms with Crippen molar-refractivity contribution in [2.24, 2.45) is 16.4 Å². The molecule has 0 saturated heterocycles. The molecule has 1 saturated carbocycles. The lowest BCUT2D eigenvalue weighted by Crippen LogP contribution is -2.30. The van der Waals surface area contributed by atoms with Gasteiger partial charge < -0.3 is 4.74 Å². The van der Waals surface area contributed by atoms with E-state index in [0.29, 0.717) is 18.3 Å². The Morgan fingerprint density at radius 3 is 2.52 bits per heavy atom. The molecule has 0 aromatic heterocycles. The van der Waals surface area contributed by atoms with Crippen LogP contribution in [0.15, 0.2) is 34.3 Å². The quantitative estimate of drug-likeness (QED) is 0.835. The summed E-state index contributed by atoms with van der Waals surface area (Å²) < 4.78 is 30.0. The van der Waals surface area contributed by atoms with E-state index in [2.05, 4.69) is 30.7 Å². The predicted molar refractivity (Wildman–Crippen MR) is 92.2 cm³/mol. The highest BCUT2D eigenvalue weighted by molar-refractivity contribution is 7.89. The molecule has 1 aliphatic carbocycles. The molecule has 0 heterocycles. The average Bonchev–Trinajstić information content (AvgIpc) is 2.44. The Morgan fingerprint density at radius 2 is 1.96 bits per heavy atom. The summed E-state index contributed by atoms with van der Waals surface area (Å²) in [4.78, 5) is 2.56. The first-order chi connectivity index (χ1) is 10.7. The van der Waals surface area contributed by atoms with E-state index in [1.165, 1.54) is 12.1 Å². The lowest BCUT2D eigenvalue weighted by Gasteiger charge is -2.34. The molecule has 6 heteroatoms. The van der Waals surface area contributed by atoms with Gasteiger partial charge in [0.05, 0.1) is 11.5 Å². The molecule has 1 fully saturated rings. The Bertz CT molecular complexity index is 664. The SMILES string of the molecule is CCOc1ccc(S(=O)(=O)N/N=C2\CC(C)CC(C)(C)C2)cc1. The standard InChI is InChI=1S/C17H26N2O3S/c1-5-22-15-6-8-16(9-7-15)23(20,21)19-18-14-10-13(2)11-17(3,4)12-14/h6-9,13,19H,5,10-12H2,1-4H3/b18-14+. The number of nitrogens with one attached hydrogen (secondary N) is 1. The van der Waals surface area contributed by atoms with E-state index in [9.17, 15) is 8.42 Å². The Labute approximate surface area is 139 Å². The van der Waals surface area contributed by atoms with Crippen LogP contribution in [-0.2, 0) is 10.0 Å². The van der Waals surface area contributed by atoms with Crippen molar-refractivity contribution in [1.29, 1.82) is 0 Å². The number of ether oxygens (including phenoxy) is 1. The van der Waals surface area contributed by atoms with Crippen molar-refractivity contribution in [3.8, 4) is 5.75 Å². The van der Waals surface area contributed by atoms with Gasteiger partial charge >= 0.3 is 0 Å². The largest absolute Gasteiger partial charge is 0.494 e. The van der Waals surface area contributed by atoms with E-state index in [0.717, 1.165) is 25.0 Å². The van der Waals surface area contributed by atoms with Crippen LogP contribution in [0.2, 0.25) is 0 Å². The first-order valence-electron chi connectivity index (χ1n) is 8.02. The van der Waals surface area contributed by atoms with Crippen molar-refractivity contribution in [1.82, 2.24) is 4.83 Å². The lowest BCUT2D eigenvalue weighted by atomic mass is 9.72. The summed E-state index contributed by atoms with van der Waals surface area (Å²) in [6.45, 7) is 9.00. The molecule has 1 aromatic rings. The zero-order chi connectivity index (χ0) is 17.1. The molecule has 0 radical (unpaired) electrons. The van der Waals surface area contributed by atoms with E-state index < -0.39 is 10.0 Å². The van der Waals surface area contributed by atoms with Crippen LogP contribution in [-0.4, -0.2) is 20.7 Å². The Hall–Kier alpha value is -1.56. The summed E-state index contributed by atoms with van der Waals surface area (Å²) in [5.41, 5.74) is 1.09. The van der Waals surface area contributed by atoms with Crippen molar-refractivity contribution in [2.75, 3.05) is 6.61 Å². The Morgan fingerprint density at radius 1 is 1.30 bits per heavy atom. The van der Waals surface area contributed by atoms with E-state index >= 15 is 0 Å². The highest BCUT2D eigenvalue weighted by atomic mass is 32.2. The molecule has 0 spiro atoms. The van der Waals surface area contributed by atoms with Crippen LogP contribution in [0.25, 0.3) is 0 Å². The van der Waals surface area contributed by atoms with Crippen LogP contribution in [0.3, 0.4) is 0 Å². The maximum atomic E-state index is 12.3. The lowest BCUT2D eigenvalue weighted by molar-refractivity contribution is 0.265. The number of hydrazone groups is 1. The van der Waals surface area contributed by atoms with E-state index in [4.69, 9.17) is 4.74 Å². The van der Waals surface area contributed by atoms with Crippen molar-refractivity contribution < 1.29 is 13.2 Å². The molecule has 2 rings (SSSR count). The summed E-state index contributed by atoms with van der Waals surface area (Å²) in [7, 11) is -3.64. The van der Waals surface area contributed by atoms with Gasteiger partial charge in [-0.2, -0.15) is 13.5 Å². The van der Waals surface area contributed by atoms with Gasteiger partial charge in [0.1, 0.15) is 5.75 Å². The second-order valence-electron chi connectivity index (χ2n) is 7.03. The summed E-state index contributed by atoms with van der Waals surface area (Å²) in [6.07, 6.45) is 2.80. The zero-order valence-corrected chi connectivity index (χ0v) is 15.1. The predicted octanol–water partition coefficient (Wildman–Crippen LogP) is 3.57. The van der Waals surface area contributed by atoms with Crippen LogP contribution < -0.4 is 9.57 Å². The molecule has 0 aliphatic heterocycles. The minimum absolute atomic E-state index is 0.168. The molecule has 1 unspecified atom stereocenters. The Kier molecular flexibility index (Phi) is 5.34. The van der Waals surface area contributed by atoms with Gasteiger partial charge in [-0.1, -0.05) is 20.8 Å². The first-order valence-corrected chi connectivity index (χ1v) is 9.50. The summed E-state index contributed by atoms with van der Waals surface area (Å²) in [6, 6.07) is 6.36. The first kappa shape index (κ1) is 17.8. The third kappa shape index (κ3) is 4.96. The molecular weight excluding hydrogens is 312 g/mol. The number of hydrogen-bond donors (Lipinski definition) is 1. The molecule has 5 nitrogen and oxygen atoms in total. The summed E-state index contributed by atoms with van der Waals surface area (Å²) in [5, 5.41) is 4.18. The van der Waals surface area contributed by atoms with Gasteiger partial charge in [0.2, 0.25) is 0 Å². The van der Waals surface area contributed by atoms with Gasteiger partial charge in [-0.05, 0) is 61.8 Å². The van der Waals surface area contributed by atoms with Gasteiger partial charge in [0.15, 0.2) is 0 Å². The monoisotopic (exact) mass is 338 g/mol. The minimum Gasteiger partial charge on any atom is -0.494 e. The summed E-state index contributed by atoms with van der Waals surface area (Å²) >= 11 is 0. The third-order valence-electron chi connectivity index (χ3n) is 3.94. The summed E-state index contributed by atoms with van der Waals surface area (Å²) in [5.74, 6) is 1.17. The zero-order valence-electron chi connectivity index (χ0n) is 14.3. The molecule has 1 aliphatic rings. The molecule has 128 valence electrons. The molecular formula is C17H26N2O3S. The molecule has 1 N–H and O–H groups in total. The highest BCUT2D eigenvalue weighted by Gasteiger charge is 2.29. The number of benzene rings is 1. The van der Waals surface area contributed by atoms with E-state index in [1.54, 1.807) is 12.1 Å². The smallest absolute Gasteiger partial charge is 0.276 e. The molecule has 1 atom stereocenters. The second kappa shape index (κ2) is 6.91. The van der Waals surface area contributed by atoms with Crippen molar-refractivity contribution in [2.45, 2.75) is 51.9 Å². The Balaban J connectivity index is 2.10. The fraction of sp³-hybridized carbons (Fsp3) is 0.588. The molecule has 23 heavy (non-hydrogen) atoms. The van der Waals surface area contributed by atoms with Crippen molar-refractivity contribution >= 4 is 15.7 Å². The van der Waals surface area contributed by atoms with Gasteiger partial charge in [-0.25, -0.2) is 4.83 Å². The topological polar surface area (TPSA) is 67.8 Å². The normalized spacial score (nSPS) is 22.8. The van der Waals surface area contributed by atoms with Crippen molar-refractivity contribution in [3.05, 3.63) is 24.3 Å². The van der Waals surface area contributed by atoms with Crippen LogP contribution in [0.4, 0.5) is 0 Å². The number of nitrogens with zero attached hydrogens (tertiary/aromatic N) is 1. The van der Waals surface area contributed by atoms with Crippen LogP contribution in [0.1, 0.15) is 47.0 Å². The molecule has 0 bridgehead atoms.